The molecule has 0 saturated carbocycles. The molecule has 0 radical (unpaired) electrons. The summed E-state index contributed by atoms with van der Waals surface area (Å²) in [6.07, 6.45) is 0. The van der Waals surface area contributed by atoms with Gasteiger partial charge >= 0.3 is 0 Å². The molecule has 0 fully saturated rings. The normalized spacial score (nSPS) is 11.0. The number of benzene rings is 1. The molecule has 104 valence electrons. The zero-order valence-electron chi connectivity index (χ0n) is 12.3. The lowest BCUT2D eigenvalue weighted by Crippen LogP contribution is -2.39. The molecule has 0 heterocycles. The molecule has 0 aliphatic rings. The number of hydrogen-bond donors (Lipinski definition) is 2. The van der Waals surface area contributed by atoms with E-state index in [4.69, 9.17) is 0 Å². The lowest BCUT2D eigenvalue weighted by Gasteiger charge is -2.17. The van der Waals surface area contributed by atoms with Gasteiger partial charge in [-0.1, -0.05) is 32.9 Å². The molecule has 0 aliphatic carbocycles. The molecule has 0 bridgehead atoms. The molecular weight excluding hydrogens is 240 g/mol. The van der Waals surface area contributed by atoms with Crippen LogP contribution in [0.25, 0.3) is 0 Å². The first-order valence-electron chi connectivity index (χ1n) is 6.36. The summed E-state index contributed by atoms with van der Waals surface area (Å²) in [5.41, 5.74) is 2.46. The average Bonchev–Trinajstić information content (AvgIpc) is 2.30. The minimum atomic E-state index is -0.487. The lowest BCUT2D eigenvalue weighted by atomic mass is 9.96. The van der Waals surface area contributed by atoms with Gasteiger partial charge in [0.2, 0.25) is 11.8 Å². The maximum Gasteiger partial charge on any atom is 0.243 e. The quantitative estimate of drug-likeness (QED) is 0.878. The molecule has 1 rings (SSSR count). The highest BCUT2D eigenvalue weighted by Crippen LogP contribution is 2.17. The number of anilines is 1. The van der Waals surface area contributed by atoms with Crippen LogP contribution in [0.2, 0.25) is 0 Å². The van der Waals surface area contributed by atoms with Gasteiger partial charge in [0.15, 0.2) is 0 Å². The van der Waals surface area contributed by atoms with E-state index in [1.54, 1.807) is 0 Å². The van der Waals surface area contributed by atoms with E-state index in [2.05, 4.69) is 10.6 Å². The Balaban J connectivity index is 2.57. The highest BCUT2D eigenvalue weighted by molar-refractivity contribution is 5.95. The van der Waals surface area contributed by atoms with Crippen LogP contribution < -0.4 is 10.6 Å². The molecule has 1 aromatic carbocycles. The van der Waals surface area contributed by atoms with E-state index in [1.165, 1.54) is 0 Å². The number of aryl methyl sites for hydroxylation is 1. The Hall–Kier alpha value is -1.84. The zero-order chi connectivity index (χ0) is 14.6. The summed E-state index contributed by atoms with van der Waals surface area (Å²) >= 11 is 0. The largest absolute Gasteiger partial charge is 0.347 e. The maximum atomic E-state index is 11.8. The van der Waals surface area contributed by atoms with Crippen LogP contribution >= 0.6 is 0 Å². The highest BCUT2D eigenvalue weighted by atomic mass is 16.2. The van der Waals surface area contributed by atoms with Crippen molar-refractivity contribution in [3.8, 4) is 0 Å². The van der Waals surface area contributed by atoms with Gasteiger partial charge in [0, 0.05) is 11.1 Å². The number of amides is 2. The van der Waals surface area contributed by atoms with Crippen LogP contribution in [-0.4, -0.2) is 18.4 Å². The van der Waals surface area contributed by atoms with Crippen LogP contribution in [0.15, 0.2) is 18.2 Å². The van der Waals surface area contributed by atoms with Gasteiger partial charge in [-0.25, -0.2) is 0 Å². The van der Waals surface area contributed by atoms with Crippen molar-refractivity contribution >= 4 is 17.5 Å². The Labute approximate surface area is 114 Å². The minimum Gasteiger partial charge on any atom is -0.347 e. The molecule has 1 aromatic rings. The third kappa shape index (κ3) is 4.39. The molecule has 0 aliphatic heterocycles. The first-order valence-corrected chi connectivity index (χ1v) is 6.36. The molecule has 4 nitrogen and oxygen atoms in total. The number of hydrogen-bond acceptors (Lipinski definition) is 2. The molecule has 0 atom stereocenters. The van der Waals surface area contributed by atoms with Gasteiger partial charge in [0.05, 0.1) is 6.54 Å². The van der Waals surface area contributed by atoms with Gasteiger partial charge in [-0.05, 0) is 31.0 Å². The smallest absolute Gasteiger partial charge is 0.243 e. The number of carbonyl (C=O) groups is 2. The average molecular weight is 262 g/mol. The van der Waals surface area contributed by atoms with Crippen molar-refractivity contribution in [2.75, 3.05) is 11.9 Å². The molecular formula is C15H22N2O2. The molecule has 19 heavy (non-hydrogen) atoms. The zero-order valence-corrected chi connectivity index (χ0v) is 12.3. The summed E-state index contributed by atoms with van der Waals surface area (Å²) in [6.45, 7) is 9.37. The summed E-state index contributed by atoms with van der Waals surface area (Å²) in [6, 6.07) is 5.74. The van der Waals surface area contributed by atoms with Gasteiger partial charge in [-0.2, -0.15) is 0 Å². The topological polar surface area (TPSA) is 58.2 Å². The fourth-order valence-corrected chi connectivity index (χ4v) is 1.51. The maximum absolute atomic E-state index is 11.8. The van der Waals surface area contributed by atoms with Crippen molar-refractivity contribution in [1.82, 2.24) is 5.32 Å². The predicted molar refractivity (Wildman–Crippen MR) is 77.0 cm³/mol. The van der Waals surface area contributed by atoms with Crippen molar-refractivity contribution in [2.45, 2.75) is 34.6 Å². The van der Waals surface area contributed by atoms with Crippen molar-refractivity contribution in [1.29, 1.82) is 0 Å². The van der Waals surface area contributed by atoms with Crippen LogP contribution in [0.3, 0.4) is 0 Å². The second-order valence-electron chi connectivity index (χ2n) is 5.73. The number of carbonyl (C=O) groups excluding carboxylic acids is 2. The van der Waals surface area contributed by atoms with Crippen LogP contribution in [0.1, 0.15) is 31.9 Å². The third-order valence-electron chi connectivity index (χ3n) is 2.97. The Bertz CT molecular complexity index is 487. The summed E-state index contributed by atoms with van der Waals surface area (Å²) in [5, 5.41) is 5.43. The summed E-state index contributed by atoms with van der Waals surface area (Å²) < 4.78 is 0. The minimum absolute atomic E-state index is 0.0104. The van der Waals surface area contributed by atoms with Gasteiger partial charge < -0.3 is 10.6 Å². The van der Waals surface area contributed by atoms with Gasteiger partial charge in [-0.15, -0.1) is 0 Å². The number of rotatable bonds is 3. The van der Waals surface area contributed by atoms with Crippen LogP contribution in [-0.2, 0) is 9.59 Å². The van der Waals surface area contributed by atoms with Gasteiger partial charge in [0.1, 0.15) is 0 Å². The Morgan fingerprint density at radius 3 is 2.37 bits per heavy atom. The fraction of sp³-hybridized carbons (Fsp3) is 0.467. The van der Waals surface area contributed by atoms with Crippen molar-refractivity contribution < 1.29 is 9.59 Å². The monoisotopic (exact) mass is 262 g/mol. The second-order valence-corrected chi connectivity index (χ2v) is 5.73. The molecule has 2 amide bonds. The summed E-state index contributed by atoms with van der Waals surface area (Å²) in [5.74, 6) is -0.352. The second kappa shape index (κ2) is 5.87. The lowest BCUT2D eigenvalue weighted by molar-refractivity contribution is -0.130. The SMILES string of the molecule is Cc1cccc(NC(=O)CNC(=O)C(C)(C)C)c1C. The van der Waals surface area contributed by atoms with E-state index >= 15 is 0 Å². The highest BCUT2D eigenvalue weighted by Gasteiger charge is 2.21. The summed E-state index contributed by atoms with van der Waals surface area (Å²) in [4.78, 5) is 23.4. The molecule has 2 N–H and O–H groups in total. The first-order chi connectivity index (χ1) is 8.71. The molecule has 0 unspecified atom stereocenters. The van der Waals surface area contributed by atoms with Crippen LogP contribution in [0, 0.1) is 19.3 Å². The van der Waals surface area contributed by atoms with E-state index in [0.717, 1.165) is 16.8 Å². The Kier molecular flexibility index (Phi) is 4.70. The van der Waals surface area contributed by atoms with Crippen LogP contribution in [0.4, 0.5) is 5.69 Å². The van der Waals surface area contributed by atoms with Gasteiger partial charge in [-0.3, -0.25) is 9.59 Å². The third-order valence-corrected chi connectivity index (χ3v) is 2.97. The standard InChI is InChI=1S/C15H22N2O2/c1-10-7-6-8-12(11(10)2)17-13(18)9-16-14(19)15(3,4)5/h6-8H,9H2,1-5H3,(H,16,19)(H,17,18). The Morgan fingerprint density at radius 1 is 1.16 bits per heavy atom. The first kappa shape index (κ1) is 15.2. The molecule has 0 saturated heterocycles. The summed E-state index contributed by atoms with van der Waals surface area (Å²) in [7, 11) is 0. The molecule has 4 heteroatoms. The number of nitrogens with one attached hydrogen (secondary N) is 2. The predicted octanol–water partition coefficient (Wildman–Crippen LogP) is 2.40. The van der Waals surface area contributed by atoms with E-state index in [-0.39, 0.29) is 18.4 Å². The van der Waals surface area contributed by atoms with E-state index < -0.39 is 5.41 Å². The molecule has 0 spiro atoms. The molecule has 0 aromatic heterocycles. The van der Waals surface area contributed by atoms with Crippen molar-refractivity contribution in [2.24, 2.45) is 5.41 Å². The van der Waals surface area contributed by atoms with Crippen LogP contribution in [0.5, 0.6) is 0 Å². The van der Waals surface area contributed by atoms with E-state index in [1.807, 2.05) is 52.8 Å². The Morgan fingerprint density at radius 2 is 1.79 bits per heavy atom. The van der Waals surface area contributed by atoms with Crippen molar-refractivity contribution in [3.05, 3.63) is 29.3 Å². The van der Waals surface area contributed by atoms with E-state index in [9.17, 15) is 9.59 Å². The van der Waals surface area contributed by atoms with Gasteiger partial charge in [0.25, 0.3) is 0 Å². The fourth-order valence-electron chi connectivity index (χ4n) is 1.51. The van der Waals surface area contributed by atoms with Crippen molar-refractivity contribution in [3.63, 3.8) is 0 Å². The van der Waals surface area contributed by atoms with E-state index in [0.29, 0.717) is 0 Å².